The highest BCUT2D eigenvalue weighted by Crippen LogP contribution is 2.09. The molecule has 0 radical (unpaired) electrons. The SMILES string of the molecule is CCC(C)C(NC(=O)C(N)CS)C(=O)NC(CO)C(=O)NC(CC(N)=O)C(=O)O. The Hall–Kier alpha value is -2.38. The van der Waals surface area contributed by atoms with Gasteiger partial charge in [0, 0.05) is 5.75 Å². The van der Waals surface area contributed by atoms with Crippen LogP contribution in [0.2, 0.25) is 0 Å². The van der Waals surface area contributed by atoms with Gasteiger partial charge in [-0.1, -0.05) is 20.3 Å². The zero-order valence-electron chi connectivity index (χ0n) is 16.3. The Kier molecular flexibility index (Phi) is 11.9. The molecule has 166 valence electrons. The lowest BCUT2D eigenvalue weighted by Crippen LogP contribution is -2.59. The van der Waals surface area contributed by atoms with Gasteiger partial charge >= 0.3 is 5.97 Å². The zero-order valence-corrected chi connectivity index (χ0v) is 17.1. The molecule has 0 bridgehead atoms. The maximum atomic E-state index is 12.6. The van der Waals surface area contributed by atoms with Crippen LogP contribution in [0.1, 0.15) is 26.7 Å². The van der Waals surface area contributed by atoms with Crippen LogP contribution in [-0.4, -0.2) is 76.3 Å². The predicted molar refractivity (Wildman–Crippen MR) is 106 cm³/mol. The van der Waals surface area contributed by atoms with Crippen molar-refractivity contribution >= 4 is 42.2 Å². The highest BCUT2D eigenvalue weighted by molar-refractivity contribution is 7.80. The average Bonchev–Trinajstić information content (AvgIpc) is 2.67. The summed E-state index contributed by atoms with van der Waals surface area (Å²) in [4.78, 5) is 58.9. The number of nitrogens with two attached hydrogens (primary N) is 2. The fourth-order valence-corrected chi connectivity index (χ4v) is 2.34. The minimum Gasteiger partial charge on any atom is -0.480 e. The zero-order chi connectivity index (χ0) is 22.7. The number of carboxylic acid groups (broad SMARTS) is 1. The molecule has 5 unspecified atom stereocenters. The fourth-order valence-electron chi connectivity index (χ4n) is 2.17. The first-order chi connectivity index (χ1) is 13.5. The molecule has 0 aromatic rings. The van der Waals surface area contributed by atoms with E-state index in [-0.39, 0.29) is 11.7 Å². The molecule has 0 aliphatic carbocycles. The third-order valence-corrected chi connectivity index (χ3v) is 4.56. The molecular weight excluding hydrogens is 406 g/mol. The van der Waals surface area contributed by atoms with E-state index in [1.807, 2.05) is 5.32 Å². The van der Waals surface area contributed by atoms with Gasteiger partial charge in [-0.15, -0.1) is 0 Å². The highest BCUT2D eigenvalue weighted by Gasteiger charge is 2.32. The summed E-state index contributed by atoms with van der Waals surface area (Å²) in [5.41, 5.74) is 10.5. The number of rotatable bonds is 13. The van der Waals surface area contributed by atoms with Gasteiger partial charge in [0.05, 0.1) is 19.1 Å². The van der Waals surface area contributed by atoms with E-state index in [9.17, 15) is 29.1 Å². The van der Waals surface area contributed by atoms with Crippen molar-refractivity contribution in [3.63, 3.8) is 0 Å². The second-order valence-corrected chi connectivity index (χ2v) is 6.84. The van der Waals surface area contributed by atoms with Crippen LogP contribution in [0.15, 0.2) is 0 Å². The van der Waals surface area contributed by atoms with Gasteiger partial charge in [0.1, 0.15) is 18.1 Å². The molecule has 5 atom stereocenters. The molecule has 29 heavy (non-hydrogen) atoms. The van der Waals surface area contributed by atoms with Gasteiger partial charge in [-0.05, 0) is 5.92 Å². The minimum atomic E-state index is -1.62. The van der Waals surface area contributed by atoms with E-state index in [2.05, 4.69) is 23.3 Å². The number of amides is 4. The molecule has 0 rings (SSSR count). The van der Waals surface area contributed by atoms with E-state index in [0.29, 0.717) is 6.42 Å². The standard InChI is InChI=1S/C16H29N5O7S/c1-3-7(2)12(21-13(24)8(17)6-29)15(26)20-10(5-22)14(25)19-9(16(27)28)4-11(18)23/h7-10,12,22,29H,3-6,17H2,1-2H3,(H2,18,23)(H,19,25)(H,20,26)(H,21,24)(H,27,28). The largest absolute Gasteiger partial charge is 0.480 e. The van der Waals surface area contributed by atoms with E-state index in [4.69, 9.17) is 16.6 Å². The van der Waals surface area contributed by atoms with Crippen molar-refractivity contribution in [2.24, 2.45) is 17.4 Å². The number of aliphatic hydroxyl groups is 1. The molecule has 0 aromatic carbocycles. The second kappa shape index (κ2) is 13.0. The Balaban J connectivity index is 5.26. The summed E-state index contributed by atoms with van der Waals surface area (Å²) < 4.78 is 0. The average molecular weight is 436 g/mol. The second-order valence-electron chi connectivity index (χ2n) is 6.47. The molecule has 13 heteroatoms. The van der Waals surface area contributed by atoms with Crippen LogP contribution in [-0.2, 0) is 24.0 Å². The van der Waals surface area contributed by atoms with Gasteiger partial charge < -0.3 is 37.6 Å². The summed E-state index contributed by atoms with van der Waals surface area (Å²) >= 11 is 3.92. The number of primary amides is 1. The summed E-state index contributed by atoms with van der Waals surface area (Å²) in [6.07, 6.45) is -0.162. The van der Waals surface area contributed by atoms with Crippen molar-refractivity contribution in [2.75, 3.05) is 12.4 Å². The monoisotopic (exact) mass is 435 g/mol. The van der Waals surface area contributed by atoms with Gasteiger partial charge in [-0.2, -0.15) is 12.6 Å². The number of carboxylic acids is 1. The number of aliphatic carboxylic acids is 1. The highest BCUT2D eigenvalue weighted by atomic mass is 32.1. The van der Waals surface area contributed by atoms with Crippen LogP contribution in [0.4, 0.5) is 0 Å². The lowest BCUT2D eigenvalue weighted by molar-refractivity contribution is -0.144. The van der Waals surface area contributed by atoms with Crippen molar-refractivity contribution in [2.45, 2.75) is 50.9 Å². The first kappa shape index (κ1) is 26.6. The number of carbonyl (C=O) groups is 5. The molecule has 0 aliphatic heterocycles. The Labute approximate surface area is 173 Å². The number of carbonyl (C=O) groups excluding carboxylic acids is 4. The molecular formula is C16H29N5O7S. The quantitative estimate of drug-likeness (QED) is 0.137. The van der Waals surface area contributed by atoms with Crippen LogP contribution in [0.25, 0.3) is 0 Å². The van der Waals surface area contributed by atoms with Crippen molar-refractivity contribution in [1.82, 2.24) is 16.0 Å². The van der Waals surface area contributed by atoms with Gasteiger partial charge in [0.15, 0.2) is 0 Å². The summed E-state index contributed by atoms with van der Waals surface area (Å²) in [7, 11) is 0. The lowest BCUT2D eigenvalue weighted by Gasteiger charge is -2.27. The Morgan fingerprint density at radius 1 is 1.00 bits per heavy atom. The maximum Gasteiger partial charge on any atom is 0.326 e. The predicted octanol–water partition coefficient (Wildman–Crippen LogP) is -3.30. The van der Waals surface area contributed by atoms with Gasteiger partial charge in [0.25, 0.3) is 0 Å². The minimum absolute atomic E-state index is 0.0544. The molecule has 4 amide bonds. The van der Waals surface area contributed by atoms with E-state index in [0.717, 1.165) is 0 Å². The smallest absolute Gasteiger partial charge is 0.326 e. The van der Waals surface area contributed by atoms with E-state index in [1.165, 1.54) is 0 Å². The molecule has 0 aromatic heterocycles. The molecule has 12 nitrogen and oxygen atoms in total. The summed E-state index contributed by atoms with van der Waals surface area (Å²) in [5.74, 6) is -5.16. The number of nitrogens with one attached hydrogen (secondary N) is 3. The van der Waals surface area contributed by atoms with Crippen LogP contribution in [0.3, 0.4) is 0 Å². The Bertz CT molecular complexity index is 618. The lowest BCUT2D eigenvalue weighted by atomic mass is 9.97. The van der Waals surface area contributed by atoms with Gasteiger partial charge in [-0.3, -0.25) is 19.2 Å². The third-order valence-electron chi connectivity index (χ3n) is 4.16. The number of thiol groups is 1. The topological polar surface area (TPSA) is 214 Å². The van der Waals surface area contributed by atoms with Crippen LogP contribution in [0, 0.1) is 5.92 Å². The van der Waals surface area contributed by atoms with Gasteiger partial charge in [0.2, 0.25) is 23.6 Å². The maximum absolute atomic E-state index is 12.6. The van der Waals surface area contributed by atoms with E-state index >= 15 is 0 Å². The Morgan fingerprint density at radius 2 is 1.55 bits per heavy atom. The van der Waals surface area contributed by atoms with Crippen molar-refractivity contribution in [3.8, 4) is 0 Å². The third kappa shape index (κ3) is 9.11. The molecule has 0 saturated heterocycles. The molecule has 0 spiro atoms. The van der Waals surface area contributed by atoms with Crippen LogP contribution in [0.5, 0.6) is 0 Å². The first-order valence-electron chi connectivity index (χ1n) is 8.87. The summed E-state index contributed by atoms with van der Waals surface area (Å²) in [6, 6.07) is -5.13. The summed E-state index contributed by atoms with van der Waals surface area (Å²) in [5, 5.41) is 25.2. The molecule has 0 fully saturated rings. The number of hydrogen-bond acceptors (Lipinski definition) is 8. The number of aliphatic hydroxyl groups excluding tert-OH is 1. The summed E-state index contributed by atoms with van der Waals surface area (Å²) in [6.45, 7) is 2.63. The van der Waals surface area contributed by atoms with Crippen LogP contribution < -0.4 is 27.4 Å². The molecule has 9 N–H and O–H groups in total. The Morgan fingerprint density at radius 3 is 1.97 bits per heavy atom. The molecule has 0 saturated carbocycles. The van der Waals surface area contributed by atoms with Crippen molar-refractivity contribution in [3.05, 3.63) is 0 Å². The van der Waals surface area contributed by atoms with Crippen LogP contribution >= 0.6 is 12.6 Å². The van der Waals surface area contributed by atoms with E-state index < -0.39 is 66.8 Å². The van der Waals surface area contributed by atoms with Gasteiger partial charge in [-0.25, -0.2) is 4.79 Å². The number of hydrogen-bond donors (Lipinski definition) is 8. The fraction of sp³-hybridized carbons (Fsp3) is 0.688. The molecule has 0 heterocycles. The normalized spacial score (nSPS) is 15.9. The first-order valence-corrected chi connectivity index (χ1v) is 9.51. The molecule has 0 aliphatic rings. The van der Waals surface area contributed by atoms with E-state index in [1.54, 1.807) is 13.8 Å². The van der Waals surface area contributed by atoms with Crippen molar-refractivity contribution in [1.29, 1.82) is 0 Å². The van der Waals surface area contributed by atoms with Crippen molar-refractivity contribution < 1.29 is 34.2 Å².